The maximum Gasteiger partial charge on any atom is 0.0139 e. The van der Waals surface area contributed by atoms with Crippen LogP contribution in [0.25, 0.3) is 0 Å². The topological polar surface area (TPSA) is 29.3 Å². The molecule has 0 bridgehead atoms. The smallest absolute Gasteiger partial charge is 0.0139 e. The molecule has 1 atom stereocenters. The summed E-state index contributed by atoms with van der Waals surface area (Å²) in [6.07, 6.45) is 1.21. The molecule has 2 N–H and O–H groups in total. The average Bonchev–Trinajstić information content (AvgIpc) is 1.86. The van der Waals surface area contributed by atoms with Crippen molar-refractivity contribution < 1.29 is 0 Å². The average molecular weight is 158 g/mol. The second-order valence-corrected chi connectivity index (χ2v) is 3.57. The zero-order chi connectivity index (χ0) is 8.85. The molecule has 0 radical (unpaired) electrons. The van der Waals surface area contributed by atoms with Crippen molar-refractivity contribution in [2.45, 2.75) is 46.2 Å². The Bertz CT molecular complexity index is 89.6. The minimum atomic E-state index is 0.295. The van der Waals surface area contributed by atoms with E-state index in [2.05, 4.69) is 32.6 Å². The first-order chi connectivity index (χ1) is 5.07. The molecule has 0 aliphatic carbocycles. The molecule has 68 valence electrons. The first-order valence-corrected chi connectivity index (χ1v) is 4.57. The summed E-state index contributed by atoms with van der Waals surface area (Å²) in [6.45, 7) is 10.9. The van der Waals surface area contributed by atoms with Crippen molar-refractivity contribution in [3.63, 3.8) is 0 Å². The maximum absolute atomic E-state index is 5.72. The van der Waals surface area contributed by atoms with Crippen molar-refractivity contribution in [1.82, 2.24) is 4.90 Å². The zero-order valence-electron chi connectivity index (χ0n) is 8.30. The highest BCUT2D eigenvalue weighted by atomic mass is 15.2. The fraction of sp³-hybridized carbons (Fsp3) is 1.00. The molecule has 0 aromatic heterocycles. The predicted molar refractivity (Wildman–Crippen MR) is 50.6 cm³/mol. The molecular weight excluding hydrogens is 136 g/mol. The lowest BCUT2D eigenvalue weighted by atomic mass is 10.2. The molecule has 0 spiro atoms. The van der Waals surface area contributed by atoms with Crippen LogP contribution in [0, 0.1) is 0 Å². The van der Waals surface area contributed by atoms with Crippen molar-refractivity contribution in [3.8, 4) is 0 Å². The molecule has 0 saturated heterocycles. The number of hydrogen-bond acceptors (Lipinski definition) is 2. The van der Waals surface area contributed by atoms with E-state index >= 15 is 0 Å². The van der Waals surface area contributed by atoms with Gasteiger partial charge in [0, 0.05) is 18.6 Å². The lowest BCUT2D eigenvalue weighted by Gasteiger charge is -2.27. The normalized spacial score (nSPS) is 14.5. The summed E-state index contributed by atoms with van der Waals surface area (Å²) >= 11 is 0. The Labute approximate surface area is 70.8 Å². The van der Waals surface area contributed by atoms with Crippen LogP contribution in [0.15, 0.2) is 0 Å². The van der Waals surface area contributed by atoms with Crippen LogP contribution >= 0.6 is 0 Å². The summed E-state index contributed by atoms with van der Waals surface area (Å²) in [5.41, 5.74) is 5.72. The molecule has 0 unspecified atom stereocenters. The van der Waals surface area contributed by atoms with Gasteiger partial charge in [-0.25, -0.2) is 0 Å². The number of nitrogens with two attached hydrogens (primary N) is 1. The van der Waals surface area contributed by atoms with Gasteiger partial charge >= 0.3 is 0 Å². The molecule has 0 aliphatic rings. The highest BCUT2D eigenvalue weighted by molar-refractivity contribution is 4.66. The van der Waals surface area contributed by atoms with Crippen LogP contribution in [0.1, 0.15) is 34.1 Å². The Morgan fingerprint density at radius 2 is 1.82 bits per heavy atom. The molecule has 0 aromatic rings. The van der Waals surface area contributed by atoms with Gasteiger partial charge in [-0.15, -0.1) is 0 Å². The largest absolute Gasteiger partial charge is 0.327 e. The van der Waals surface area contributed by atoms with Crippen molar-refractivity contribution in [3.05, 3.63) is 0 Å². The van der Waals surface area contributed by atoms with Crippen LogP contribution in [-0.4, -0.2) is 30.1 Å². The molecule has 0 aliphatic heterocycles. The lowest BCUT2D eigenvalue weighted by molar-refractivity contribution is 0.212. The van der Waals surface area contributed by atoms with Gasteiger partial charge in [0.05, 0.1) is 0 Å². The molecule has 2 nitrogen and oxygen atoms in total. The molecule has 0 aromatic carbocycles. The van der Waals surface area contributed by atoms with E-state index in [-0.39, 0.29) is 0 Å². The van der Waals surface area contributed by atoms with Crippen molar-refractivity contribution in [1.29, 1.82) is 0 Å². The summed E-state index contributed by atoms with van der Waals surface area (Å²) in [5, 5.41) is 0. The van der Waals surface area contributed by atoms with Crippen molar-refractivity contribution in [2.24, 2.45) is 5.73 Å². The Kier molecular flexibility index (Phi) is 5.51. The van der Waals surface area contributed by atoms with Gasteiger partial charge in [0.1, 0.15) is 0 Å². The third-order valence-corrected chi connectivity index (χ3v) is 1.76. The van der Waals surface area contributed by atoms with E-state index in [1.165, 1.54) is 13.0 Å². The third kappa shape index (κ3) is 5.22. The van der Waals surface area contributed by atoms with Crippen molar-refractivity contribution in [2.75, 3.05) is 13.1 Å². The highest BCUT2D eigenvalue weighted by Crippen LogP contribution is 1.99. The van der Waals surface area contributed by atoms with E-state index in [1.807, 2.05) is 0 Å². The first-order valence-electron chi connectivity index (χ1n) is 4.57. The molecule has 0 saturated carbocycles. The van der Waals surface area contributed by atoms with E-state index in [4.69, 9.17) is 5.73 Å². The van der Waals surface area contributed by atoms with Crippen LogP contribution in [0.2, 0.25) is 0 Å². The van der Waals surface area contributed by atoms with E-state index in [0.29, 0.717) is 12.1 Å². The maximum atomic E-state index is 5.72. The van der Waals surface area contributed by atoms with E-state index in [0.717, 1.165) is 6.54 Å². The Morgan fingerprint density at radius 1 is 1.27 bits per heavy atom. The van der Waals surface area contributed by atoms with Crippen molar-refractivity contribution >= 4 is 0 Å². The molecule has 0 fully saturated rings. The SMILES string of the molecule is CCCN(C[C@H](C)N)C(C)C. The summed E-state index contributed by atoms with van der Waals surface area (Å²) in [6, 6.07) is 0.921. The molecular formula is C9H22N2. The Hall–Kier alpha value is -0.0800. The minimum Gasteiger partial charge on any atom is -0.327 e. The fourth-order valence-corrected chi connectivity index (χ4v) is 1.22. The van der Waals surface area contributed by atoms with Gasteiger partial charge in [-0.05, 0) is 33.7 Å². The third-order valence-electron chi connectivity index (χ3n) is 1.76. The fourth-order valence-electron chi connectivity index (χ4n) is 1.22. The van der Waals surface area contributed by atoms with Crippen LogP contribution in [-0.2, 0) is 0 Å². The number of rotatable bonds is 5. The second kappa shape index (κ2) is 5.56. The lowest BCUT2D eigenvalue weighted by Crippen LogP contribution is -2.40. The van der Waals surface area contributed by atoms with Gasteiger partial charge in [0.25, 0.3) is 0 Å². The summed E-state index contributed by atoms with van der Waals surface area (Å²) < 4.78 is 0. The number of hydrogen-bond donors (Lipinski definition) is 1. The Balaban J connectivity index is 3.69. The zero-order valence-corrected chi connectivity index (χ0v) is 8.30. The van der Waals surface area contributed by atoms with Gasteiger partial charge in [0.2, 0.25) is 0 Å². The second-order valence-electron chi connectivity index (χ2n) is 3.57. The predicted octanol–water partition coefficient (Wildman–Crippen LogP) is 1.45. The van der Waals surface area contributed by atoms with Gasteiger partial charge < -0.3 is 5.73 Å². The molecule has 0 rings (SSSR count). The Morgan fingerprint density at radius 3 is 2.09 bits per heavy atom. The molecule has 0 heterocycles. The quantitative estimate of drug-likeness (QED) is 0.656. The summed E-state index contributed by atoms with van der Waals surface area (Å²) in [4.78, 5) is 2.42. The van der Waals surface area contributed by atoms with Crippen LogP contribution < -0.4 is 5.73 Å². The highest BCUT2D eigenvalue weighted by Gasteiger charge is 2.09. The van der Waals surface area contributed by atoms with Crippen LogP contribution in [0.4, 0.5) is 0 Å². The summed E-state index contributed by atoms with van der Waals surface area (Å²) in [5.74, 6) is 0. The first kappa shape index (κ1) is 10.9. The van der Waals surface area contributed by atoms with Gasteiger partial charge in [-0.1, -0.05) is 6.92 Å². The molecule has 0 amide bonds. The van der Waals surface area contributed by atoms with Gasteiger partial charge in [-0.2, -0.15) is 0 Å². The minimum absolute atomic E-state index is 0.295. The van der Waals surface area contributed by atoms with E-state index < -0.39 is 0 Å². The van der Waals surface area contributed by atoms with Crippen LogP contribution in [0.5, 0.6) is 0 Å². The van der Waals surface area contributed by atoms with E-state index in [9.17, 15) is 0 Å². The number of nitrogens with zero attached hydrogens (tertiary/aromatic N) is 1. The molecule has 11 heavy (non-hydrogen) atoms. The van der Waals surface area contributed by atoms with Gasteiger partial charge in [0.15, 0.2) is 0 Å². The summed E-state index contributed by atoms with van der Waals surface area (Å²) in [7, 11) is 0. The monoisotopic (exact) mass is 158 g/mol. The van der Waals surface area contributed by atoms with Crippen LogP contribution in [0.3, 0.4) is 0 Å². The van der Waals surface area contributed by atoms with Gasteiger partial charge in [-0.3, -0.25) is 4.90 Å². The van der Waals surface area contributed by atoms with E-state index in [1.54, 1.807) is 0 Å². The standard InChI is InChI=1S/C9H22N2/c1-5-6-11(8(2)3)7-9(4)10/h8-9H,5-7,10H2,1-4H3/t9-/m0/s1. The molecule has 2 heteroatoms.